The van der Waals surface area contributed by atoms with Crippen molar-refractivity contribution in [1.82, 2.24) is 14.5 Å². The van der Waals surface area contributed by atoms with Crippen LogP contribution in [0.1, 0.15) is 44.6 Å². The number of carbonyl (C=O) groups excluding carboxylic acids is 2. The summed E-state index contributed by atoms with van der Waals surface area (Å²) in [6.07, 6.45) is 5.61. The summed E-state index contributed by atoms with van der Waals surface area (Å²) in [5.41, 5.74) is 1.15. The predicted octanol–water partition coefficient (Wildman–Crippen LogP) is 3.35. The maximum absolute atomic E-state index is 13.7. The first kappa shape index (κ1) is 28.6. The van der Waals surface area contributed by atoms with Crippen molar-refractivity contribution in [3.05, 3.63) is 66.0 Å². The van der Waals surface area contributed by atoms with Crippen LogP contribution in [-0.2, 0) is 26.2 Å². The molecule has 1 atom stereocenters. The molecule has 1 N–H and O–H groups in total. The van der Waals surface area contributed by atoms with Gasteiger partial charge in [-0.1, -0.05) is 49.6 Å². The number of hydrogen-bond acceptors (Lipinski definition) is 4. The van der Waals surface area contributed by atoms with Gasteiger partial charge in [0.25, 0.3) is 0 Å². The van der Waals surface area contributed by atoms with E-state index >= 15 is 0 Å². The van der Waals surface area contributed by atoms with E-state index in [0.29, 0.717) is 6.42 Å². The molecule has 1 aliphatic carbocycles. The van der Waals surface area contributed by atoms with Gasteiger partial charge in [-0.05, 0) is 56.0 Å². The Labute approximate surface area is 219 Å². The van der Waals surface area contributed by atoms with Crippen LogP contribution in [-0.4, -0.2) is 68.7 Å². The molecule has 37 heavy (non-hydrogen) atoms. The number of benzene rings is 2. The number of halogens is 1. The van der Waals surface area contributed by atoms with Crippen LogP contribution in [0.2, 0.25) is 0 Å². The van der Waals surface area contributed by atoms with Crippen LogP contribution in [0.25, 0.3) is 0 Å². The van der Waals surface area contributed by atoms with Crippen LogP contribution < -0.4 is 9.62 Å². The molecule has 202 valence electrons. The highest BCUT2D eigenvalue weighted by Crippen LogP contribution is 2.21. The van der Waals surface area contributed by atoms with Crippen molar-refractivity contribution >= 4 is 27.7 Å². The number of nitrogens with zero attached hydrogens (tertiary/aromatic N) is 3. The molecule has 0 unspecified atom stereocenters. The van der Waals surface area contributed by atoms with Crippen molar-refractivity contribution in [1.29, 1.82) is 0 Å². The van der Waals surface area contributed by atoms with Crippen LogP contribution in [0.4, 0.5) is 10.1 Å². The van der Waals surface area contributed by atoms with Gasteiger partial charge in [-0.15, -0.1) is 0 Å². The summed E-state index contributed by atoms with van der Waals surface area (Å²) in [7, 11) is -1.34. The van der Waals surface area contributed by atoms with Gasteiger partial charge in [-0.2, -0.15) is 12.7 Å². The third kappa shape index (κ3) is 7.75. The molecule has 1 aliphatic rings. The Kier molecular flexibility index (Phi) is 10.0. The SMILES string of the molecule is C[C@H](C(=O)NC1CCCCC1)N(CCc1ccccc1)C(=O)CN(c1ccc(F)cc1)S(=O)(=O)N(C)C. The maximum atomic E-state index is 13.7. The maximum Gasteiger partial charge on any atom is 0.304 e. The lowest BCUT2D eigenvalue weighted by Gasteiger charge is -2.33. The molecule has 10 heteroatoms. The predicted molar refractivity (Wildman–Crippen MR) is 143 cm³/mol. The summed E-state index contributed by atoms with van der Waals surface area (Å²) >= 11 is 0. The van der Waals surface area contributed by atoms with Crippen molar-refractivity contribution in [2.24, 2.45) is 0 Å². The fourth-order valence-corrected chi connectivity index (χ4v) is 5.52. The highest BCUT2D eigenvalue weighted by molar-refractivity contribution is 7.90. The van der Waals surface area contributed by atoms with Crippen molar-refractivity contribution in [2.45, 2.75) is 57.5 Å². The first-order chi connectivity index (χ1) is 17.6. The molecule has 2 amide bonds. The minimum absolute atomic E-state index is 0.0830. The first-order valence-electron chi connectivity index (χ1n) is 12.7. The largest absolute Gasteiger partial charge is 0.352 e. The van der Waals surface area contributed by atoms with Crippen LogP contribution in [0, 0.1) is 5.82 Å². The average molecular weight is 533 g/mol. The van der Waals surface area contributed by atoms with Gasteiger partial charge < -0.3 is 10.2 Å². The Bertz CT molecular complexity index is 1140. The van der Waals surface area contributed by atoms with Crippen molar-refractivity contribution in [2.75, 3.05) is 31.5 Å². The Morgan fingerprint density at radius 2 is 1.62 bits per heavy atom. The standard InChI is InChI=1S/C27H37FN4O4S/c1-21(27(34)29-24-12-8-5-9-13-24)31(19-18-22-10-6-4-7-11-22)26(33)20-32(37(35,36)30(2)3)25-16-14-23(28)15-17-25/h4,6-7,10-11,14-17,21,24H,5,8-9,12-13,18-20H2,1-3H3,(H,29,34)/t21-/m1/s1. The Balaban J connectivity index is 1.85. The minimum Gasteiger partial charge on any atom is -0.352 e. The van der Waals surface area contributed by atoms with Gasteiger partial charge >= 0.3 is 10.2 Å². The molecule has 2 aromatic carbocycles. The van der Waals surface area contributed by atoms with Gasteiger partial charge in [0.15, 0.2) is 0 Å². The van der Waals surface area contributed by atoms with Crippen LogP contribution in [0.15, 0.2) is 54.6 Å². The van der Waals surface area contributed by atoms with Crippen LogP contribution >= 0.6 is 0 Å². The Morgan fingerprint density at radius 1 is 1.00 bits per heavy atom. The summed E-state index contributed by atoms with van der Waals surface area (Å²) in [5.74, 6) is -1.29. The quantitative estimate of drug-likeness (QED) is 0.481. The van der Waals surface area contributed by atoms with Crippen molar-refractivity contribution in [3.8, 4) is 0 Å². The third-order valence-corrected chi connectivity index (χ3v) is 8.56. The van der Waals surface area contributed by atoms with Crippen LogP contribution in [0.3, 0.4) is 0 Å². The zero-order valence-corrected chi connectivity index (χ0v) is 22.6. The number of rotatable bonds is 11. The number of carbonyl (C=O) groups is 2. The minimum atomic E-state index is -4.07. The van der Waals surface area contributed by atoms with E-state index in [-0.39, 0.29) is 24.2 Å². The smallest absolute Gasteiger partial charge is 0.304 e. The second-order valence-electron chi connectivity index (χ2n) is 9.62. The molecule has 8 nitrogen and oxygen atoms in total. The van der Waals surface area contributed by atoms with E-state index in [2.05, 4.69) is 5.32 Å². The highest BCUT2D eigenvalue weighted by Gasteiger charge is 2.33. The van der Waals surface area contributed by atoms with Crippen molar-refractivity contribution in [3.63, 3.8) is 0 Å². The van der Waals surface area contributed by atoms with E-state index in [1.165, 1.54) is 31.1 Å². The molecular weight excluding hydrogens is 495 g/mol. The van der Waals surface area contributed by atoms with Gasteiger partial charge in [-0.3, -0.25) is 9.59 Å². The van der Waals surface area contributed by atoms with E-state index in [0.717, 1.165) is 58.4 Å². The molecule has 0 spiro atoms. The lowest BCUT2D eigenvalue weighted by Crippen LogP contribution is -2.54. The number of anilines is 1. The third-order valence-electron chi connectivity index (χ3n) is 6.74. The first-order valence-corrected chi connectivity index (χ1v) is 14.1. The highest BCUT2D eigenvalue weighted by atomic mass is 32.2. The van der Waals surface area contributed by atoms with E-state index in [4.69, 9.17) is 0 Å². The molecule has 0 aromatic heterocycles. The Morgan fingerprint density at radius 3 is 2.22 bits per heavy atom. The molecule has 3 rings (SSSR count). The fraction of sp³-hybridized carbons (Fsp3) is 0.481. The van der Waals surface area contributed by atoms with Gasteiger partial charge in [-0.25, -0.2) is 8.70 Å². The summed E-state index contributed by atoms with van der Waals surface area (Å²) in [6.45, 7) is 1.38. The summed E-state index contributed by atoms with van der Waals surface area (Å²) in [6, 6.07) is 13.8. The van der Waals surface area contributed by atoms with Gasteiger partial charge in [0.05, 0.1) is 5.69 Å². The topological polar surface area (TPSA) is 90.0 Å². The molecule has 1 fully saturated rings. The monoisotopic (exact) mass is 532 g/mol. The van der Waals surface area contributed by atoms with E-state index < -0.39 is 34.5 Å². The molecule has 0 radical (unpaired) electrons. The fourth-order valence-electron chi connectivity index (χ4n) is 4.46. The second kappa shape index (κ2) is 13.0. The van der Waals surface area contributed by atoms with Crippen LogP contribution in [0.5, 0.6) is 0 Å². The number of nitrogens with one attached hydrogen (secondary N) is 1. The lowest BCUT2D eigenvalue weighted by molar-refractivity contribution is -0.139. The van der Waals surface area contributed by atoms with E-state index in [1.807, 2.05) is 30.3 Å². The summed E-state index contributed by atoms with van der Waals surface area (Å²) in [5, 5.41) is 3.08. The molecule has 0 saturated heterocycles. The molecule has 2 aromatic rings. The second-order valence-corrected chi connectivity index (χ2v) is 11.7. The number of hydrogen-bond donors (Lipinski definition) is 1. The molecular formula is C27H37FN4O4S. The number of amides is 2. The zero-order valence-electron chi connectivity index (χ0n) is 21.8. The molecule has 0 bridgehead atoms. The summed E-state index contributed by atoms with van der Waals surface area (Å²) < 4.78 is 41.7. The lowest BCUT2D eigenvalue weighted by atomic mass is 9.95. The summed E-state index contributed by atoms with van der Waals surface area (Å²) in [4.78, 5) is 28.3. The van der Waals surface area contributed by atoms with E-state index in [1.54, 1.807) is 6.92 Å². The van der Waals surface area contributed by atoms with Crippen molar-refractivity contribution < 1.29 is 22.4 Å². The molecule has 0 heterocycles. The van der Waals surface area contributed by atoms with Gasteiger partial charge in [0.1, 0.15) is 18.4 Å². The Hall–Kier alpha value is -2.98. The normalized spacial score (nSPS) is 15.3. The average Bonchev–Trinajstić information content (AvgIpc) is 2.89. The molecule has 0 aliphatic heterocycles. The van der Waals surface area contributed by atoms with Gasteiger partial charge in [0.2, 0.25) is 11.8 Å². The molecule has 1 saturated carbocycles. The van der Waals surface area contributed by atoms with E-state index in [9.17, 15) is 22.4 Å². The van der Waals surface area contributed by atoms with Gasteiger partial charge in [0, 0.05) is 26.7 Å². The zero-order chi connectivity index (χ0) is 27.0.